The zero-order chi connectivity index (χ0) is 15.6. The molecule has 8 heteroatoms. The van der Waals surface area contributed by atoms with E-state index >= 15 is 0 Å². The Morgan fingerprint density at radius 3 is 2.67 bits per heavy atom. The summed E-state index contributed by atoms with van der Waals surface area (Å²) in [5, 5.41) is 7.64. The lowest BCUT2D eigenvalue weighted by Crippen LogP contribution is -2.25. The lowest BCUT2D eigenvalue weighted by Gasteiger charge is -2.11. The third-order valence-electron chi connectivity index (χ3n) is 3.32. The number of carbonyl (C=O) groups is 1. The average molecular weight is 316 g/mol. The van der Waals surface area contributed by atoms with Gasteiger partial charge in [-0.2, -0.15) is 0 Å². The number of rotatable bonds is 6. The van der Waals surface area contributed by atoms with Crippen LogP contribution in [-0.2, 0) is 10.0 Å². The van der Waals surface area contributed by atoms with E-state index in [1.165, 1.54) is 12.8 Å². The Balaban J connectivity index is 2.22. The van der Waals surface area contributed by atoms with Gasteiger partial charge in [-0.25, -0.2) is 17.9 Å². The number of halogens is 1. The molecule has 116 valence electrons. The van der Waals surface area contributed by atoms with Gasteiger partial charge in [-0.3, -0.25) is 4.79 Å². The highest BCUT2D eigenvalue weighted by Gasteiger charge is 2.23. The number of methoxy groups -OCH3 is 1. The van der Waals surface area contributed by atoms with Crippen molar-refractivity contribution >= 4 is 15.9 Å². The topological polar surface area (TPSA) is 98.5 Å². The van der Waals surface area contributed by atoms with Crippen LogP contribution in [0.2, 0.25) is 0 Å². The van der Waals surface area contributed by atoms with Gasteiger partial charge >= 0.3 is 0 Å². The summed E-state index contributed by atoms with van der Waals surface area (Å²) in [6.45, 7) is 0.474. The van der Waals surface area contributed by atoms with Gasteiger partial charge in [0.1, 0.15) is 4.90 Å². The smallest absolute Gasteiger partial charge is 0.251 e. The number of benzene rings is 1. The molecule has 1 saturated carbocycles. The Labute approximate surface area is 122 Å². The monoisotopic (exact) mass is 316 g/mol. The number of primary sulfonamides is 1. The van der Waals surface area contributed by atoms with E-state index in [9.17, 15) is 17.6 Å². The van der Waals surface area contributed by atoms with E-state index in [1.807, 2.05) is 0 Å². The lowest BCUT2D eigenvalue weighted by molar-refractivity contribution is 0.0952. The minimum Gasteiger partial charge on any atom is -0.492 e. The summed E-state index contributed by atoms with van der Waals surface area (Å²) < 4.78 is 41.4. The van der Waals surface area contributed by atoms with Crippen LogP contribution in [0, 0.1) is 11.7 Å². The number of nitrogens with two attached hydrogens (primary N) is 1. The van der Waals surface area contributed by atoms with Crippen LogP contribution in [-0.4, -0.2) is 28.0 Å². The van der Waals surface area contributed by atoms with Crippen molar-refractivity contribution in [3.63, 3.8) is 0 Å². The average Bonchev–Trinajstić information content (AvgIpc) is 3.20. The van der Waals surface area contributed by atoms with Gasteiger partial charge < -0.3 is 10.1 Å². The van der Waals surface area contributed by atoms with E-state index in [-0.39, 0.29) is 5.56 Å². The largest absolute Gasteiger partial charge is 0.492 e. The van der Waals surface area contributed by atoms with E-state index < -0.39 is 32.4 Å². The van der Waals surface area contributed by atoms with Gasteiger partial charge in [-0.05, 0) is 24.5 Å². The van der Waals surface area contributed by atoms with E-state index in [1.54, 1.807) is 0 Å². The Kier molecular flexibility index (Phi) is 4.48. The number of hydrogen-bond acceptors (Lipinski definition) is 4. The molecular weight excluding hydrogens is 299 g/mol. The summed E-state index contributed by atoms with van der Waals surface area (Å²) in [7, 11) is -3.07. The Morgan fingerprint density at radius 2 is 2.14 bits per heavy atom. The van der Waals surface area contributed by atoms with Crippen molar-refractivity contribution in [2.45, 2.75) is 24.2 Å². The van der Waals surface area contributed by atoms with Crippen LogP contribution >= 0.6 is 0 Å². The number of hydrogen-bond donors (Lipinski definition) is 2. The first-order chi connectivity index (χ1) is 9.82. The normalized spacial score (nSPS) is 14.8. The Morgan fingerprint density at radius 1 is 1.48 bits per heavy atom. The molecule has 6 nitrogen and oxygen atoms in total. The summed E-state index contributed by atoms with van der Waals surface area (Å²) in [4.78, 5) is 11.4. The zero-order valence-corrected chi connectivity index (χ0v) is 12.4. The maximum absolute atomic E-state index is 13.8. The third kappa shape index (κ3) is 3.92. The van der Waals surface area contributed by atoms with Crippen molar-refractivity contribution in [1.29, 1.82) is 0 Å². The van der Waals surface area contributed by atoms with Crippen LogP contribution in [0.15, 0.2) is 17.0 Å². The van der Waals surface area contributed by atoms with Crippen LogP contribution in [0.1, 0.15) is 29.6 Å². The molecule has 1 aromatic carbocycles. The van der Waals surface area contributed by atoms with Gasteiger partial charge in [0.15, 0.2) is 11.6 Å². The summed E-state index contributed by atoms with van der Waals surface area (Å²) >= 11 is 0. The van der Waals surface area contributed by atoms with Crippen molar-refractivity contribution in [1.82, 2.24) is 5.32 Å². The molecule has 2 rings (SSSR count). The molecule has 0 saturated heterocycles. The highest BCUT2D eigenvalue weighted by atomic mass is 32.2. The highest BCUT2D eigenvalue weighted by Crippen LogP contribution is 2.32. The second-order valence-electron chi connectivity index (χ2n) is 5.02. The molecule has 1 aliphatic carbocycles. The quantitative estimate of drug-likeness (QED) is 0.818. The molecule has 0 spiro atoms. The van der Waals surface area contributed by atoms with Crippen molar-refractivity contribution < 1.29 is 22.3 Å². The minimum atomic E-state index is -4.19. The molecule has 1 amide bonds. The van der Waals surface area contributed by atoms with E-state index in [4.69, 9.17) is 9.88 Å². The van der Waals surface area contributed by atoms with Crippen LogP contribution in [0.4, 0.5) is 4.39 Å². The first-order valence-electron chi connectivity index (χ1n) is 6.51. The van der Waals surface area contributed by atoms with E-state index in [0.29, 0.717) is 12.5 Å². The van der Waals surface area contributed by atoms with Crippen molar-refractivity contribution in [2.75, 3.05) is 13.7 Å². The number of ether oxygens (including phenoxy) is 1. The molecule has 0 radical (unpaired) electrons. The van der Waals surface area contributed by atoms with Crippen LogP contribution < -0.4 is 15.2 Å². The molecule has 0 bridgehead atoms. The van der Waals surface area contributed by atoms with Gasteiger partial charge in [0.05, 0.1) is 7.11 Å². The van der Waals surface area contributed by atoms with E-state index in [0.717, 1.165) is 25.7 Å². The summed E-state index contributed by atoms with van der Waals surface area (Å²) in [6.07, 6.45) is 3.21. The van der Waals surface area contributed by atoms with Crippen LogP contribution in [0.5, 0.6) is 5.75 Å². The number of nitrogens with one attached hydrogen (secondary N) is 1. The Bertz CT molecular complexity index is 656. The van der Waals surface area contributed by atoms with Gasteiger partial charge in [0.2, 0.25) is 10.0 Å². The fourth-order valence-electron chi connectivity index (χ4n) is 2.01. The van der Waals surface area contributed by atoms with Gasteiger partial charge in [-0.15, -0.1) is 0 Å². The van der Waals surface area contributed by atoms with Crippen LogP contribution in [0.25, 0.3) is 0 Å². The number of carbonyl (C=O) groups excluding carboxylic acids is 1. The molecule has 1 aliphatic rings. The predicted octanol–water partition coefficient (Wildman–Crippen LogP) is 1.01. The second-order valence-corrected chi connectivity index (χ2v) is 6.55. The minimum absolute atomic E-state index is 0.104. The molecule has 0 unspecified atom stereocenters. The summed E-state index contributed by atoms with van der Waals surface area (Å²) in [5.41, 5.74) is -0.104. The molecule has 1 fully saturated rings. The number of sulfonamides is 1. The fraction of sp³-hybridized carbons (Fsp3) is 0.462. The number of amides is 1. The SMILES string of the molecule is COc1c(F)cc(C(=O)NCCC2CC2)cc1S(N)(=O)=O. The first kappa shape index (κ1) is 15.7. The van der Waals surface area contributed by atoms with Gasteiger partial charge in [-0.1, -0.05) is 12.8 Å². The Hall–Kier alpha value is -1.67. The molecular formula is C13H17FN2O4S. The van der Waals surface area contributed by atoms with E-state index in [2.05, 4.69) is 5.32 Å². The predicted molar refractivity (Wildman–Crippen MR) is 74.0 cm³/mol. The lowest BCUT2D eigenvalue weighted by atomic mass is 10.2. The van der Waals surface area contributed by atoms with Crippen molar-refractivity contribution in [3.05, 3.63) is 23.5 Å². The molecule has 0 atom stereocenters. The molecule has 21 heavy (non-hydrogen) atoms. The third-order valence-corrected chi connectivity index (χ3v) is 4.23. The molecule has 1 aromatic rings. The highest BCUT2D eigenvalue weighted by molar-refractivity contribution is 7.89. The van der Waals surface area contributed by atoms with Crippen molar-refractivity contribution in [3.8, 4) is 5.75 Å². The second kappa shape index (κ2) is 5.98. The van der Waals surface area contributed by atoms with Gasteiger partial charge in [0.25, 0.3) is 5.91 Å². The zero-order valence-electron chi connectivity index (χ0n) is 11.6. The van der Waals surface area contributed by atoms with Crippen LogP contribution in [0.3, 0.4) is 0 Å². The van der Waals surface area contributed by atoms with Crippen molar-refractivity contribution in [2.24, 2.45) is 11.1 Å². The fourth-order valence-corrected chi connectivity index (χ4v) is 2.74. The summed E-state index contributed by atoms with van der Waals surface area (Å²) in [6, 6.07) is 1.95. The molecule has 0 heterocycles. The molecule has 0 aromatic heterocycles. The molecule has 0 aliphatic heterocycles. The standard InChI is InChI=1S/C13H17FN2O4S/c1-20-12-10(14)6-9(7-11(12)21(15,18)19)13(17)16-5-4-8-2-3-8/h6-8H,2-5H2,1H3,(H,16,17)(H2,15,18,19). The maximum Gasteiger partial charge on any atom is 0.251 e. The summed E-state index contributed by atoms with van der Waals surface area (Å²) in [5.74, 6) is -1.33. The molecule has 3 N–H and O–H groups in total. The maximum atomic E-state index is 13.8. The van der Waals surface area contributed by atoms with Gasteiger partial charge in [0, 0.05) is 12.1 Å². The first-order valence-corrected chi connectivity index (χ1v) is 8.06.